The van der Waals surface area contributed by atoms with Gasteiger partial charge in [-0.2, -0.15) is 0 Å². The molecule has 0 aromatic heterocycles. The van der Waals surface area contributed by atoms with E-state index in [0.717, 1.165) is 12.1 Å². The number of hydrogen-bond acceptors (Lipinski definition) is 6. The number of carbonyl (C=O) groups is 1. The van der Waals surface area contributed by atoms with Crippen molar-refractivity contribution in [3.05, 3.63) is 52.4 Å². The molecule has 1 aliphatic rings. The summed E-state index contributed by atoms with van der Waals surface area (Å²) in [5, 5.41) is 10.0. The lowest BCUT2D eigenvalue weighted by Gasteiger charge is -2.14. The third-order valence-electron chi connectivity index (χ3n) is 4.20. The van der Waals surface area contributed by atoms with Crippen molar-refractivity contribution in [2.45, 2.75) is 13.3 Å². The summed E-state index contributed by atoms with van der Waals surface area (Å²) in [5.74, 6) is 0.276. The van der Waals surface area contributed by atoms with Gasteiger partial charge in [0, 0.05) is 0 Å². The second kappa shape index (κ2) is 8.02. The zero-order valence-electron chi connectivity index (χ0n) is 15.2. The van der Waals surface area contributed by atoms with Crippen molar-refractivity contribution in [3.8, 4) is 17.2 Å². The van der Waals surface area contributed by atoms with Crippen LogP contribution in [0, 0.1) is 0 Å². The molecule has 1 N–H and O–H groups in total. The molecule has 2 aromatic rings. The fraction of sp³-hybridized carbons (Fsp3) is 0.200. The van der Waals surface area contributed by atoms with E-state index in [4.69, 9.17) is 21.7 Å². The fourth-order valence-corrected chi connectivity index (χ4v) is 4.02. The van der Waals surface area contributed by atoms with Crippen molar-refractivity contribution < 1.29 is 19.4 Å². The number of methoxy groups -OCH3 is 2. The predicted molar refractivity (Wildman–Crippen MR) is 113 cm³/mol. The molecule has 0 saturated carbocycles. The molecule has 0 bridgehead atoms. The van der Waals surface area contributed by atoms with Crippen LogP contribution in [0.5, 0.6) is 17.2 Å². The number of thioether (sulfide) groups is 1. The molecule has 140 valence electrons. The van der Waals surface area contributed by atoms with E-state index in [9.17, 15) is 9.90 Å². The Morgan fingerprint density at radius 1 is 1.15 bits per heavy atom. The van der Waals surface area contributed by atoms with Gasteiger partial charge in [-0.1, -0.05) is 43.0 Å². The second-order valence-electron chi connectivity index (χ2n) is 5.81. The van der Waals surface area contributed by atoms with Crippen LogP contribution < -0.4 is 14.4 Å². The summed E-state index contributed by atoms with van der Waals surface area (Å²) in [6.07, 6.45) is 2.65. The Labute approximate surface area is 167 Å². The van der Waals surface area contributed by atoms with Crippen LogP contribution in [0.4, 0.5) is 5.69 Å². The van der Waals surface area contributed by atoms with Gasteiger partial charge in [0.2, 0.25) is 5.75 Å². The monoisotopic (exact) mass is 401 g/mol. The number of amides is 1. The highest BCUT2D eigenvalue weighted by molar-refractivity contribution is 8.27. The number of ether oxygens (including phenoxy) is 2. The van der Waals surface area contributed by atoms with Crippen LogP contribution in [0.3, 0.4) is 0 Å². The van der Waals surface area contributed by atoms with Crippen molar-refractivity contribution in [3.63, 3.8) is 0 Å². The van der Waals surface area contributed by atoms with Crippen LogP contribution in [0.2, 0.25) is 0 Å². The first-order valence-corrected chi connectivity index (χ1v) is 9.52. The smallest absolute Gasteiger partial charge is 0.270 e. The van der Waals surface area contributed by atoms with E-state index in [1.54, 1.807) is 18.2 Å². The maximum Gasteiger partial charge on any atom is 0.270 e. The number of nitrogens with zero attached hydrogens (tertiary/aromatic N) is 1. The zero-order valence-corrected chi connectivity index (χ0v) is 16.8. The van der Waals surface area contributed by atoms with Gasteiger partial charge in [-0.15, -0.1) is 0 Å². The van der Waals surface area contributed by atoms with E-state index in [2.05, 4.69) is 6.92 Å². The summed E-state index contributed by atoms with van der Waals surface area (Å²) in [6.45, 7) is 2.08. The summed E-state index contributed by atoms with van der Waals surface area (Å²) in [4.78, 5) is 14.9. The minimum absolute atomic E-state index is 0.0827. The third-order valence-corrected chi connectivity index (χ3v) is 5.50. The Morgan fingerprint density at radius 3 is 2.26 bits per heavy atom. The molecule has 3 rings (SSSR count). The summed E-state index contributed by atoms with van der Waals surface area (Å²) in [5.41, 5.74) is 2.62. The summed E-state index contributed by atoms with van der Waals surface area (Å²) in [7, 11) is 2.91. The number of anilines is 1. The highest BCUT2D eigenvalue weighted by Crippen LogP contribution is 2.40. The van der Waals surface area contributed by atoms with Gasteiger partial charge in [-0.05, 0) is 47.9 Å². The lowest BCUT2D eigenvalue weighted by Crippen LogP contribution is -2.27. The van der Waals surface area contributed by atoms with Gasteiger partial charge >= 0.3 is 0 Å². The number of phenols is 1. The second-order valence-corrected chi connectivity index (χ2v) is 7.49. The number of aromatic hydroxyl groups is 1. The van der Waals surface area contributed by atoms with Gasteiger partial charge in [-0.3, -0.25) is 9.69 Å². The molecule has 7 heteroatoms. The number of thiocarbonyl (C=S) groups is 1. The van der Waals surface area contributed by atoms with E-state index < -0.39 is 0 Å². The molecule has 2 aromatic carbocycles. The average Bonchev–Trinajstić information content (AvgIpc) is 2.96. The number of aryl methyl sites for hydroxylation is 1. The fourth-order valence-electron chi connectivity index (χ4n) is 2.72. The lowest BCUT2D eigenvalue weighted by molar-refractivity contribution is -0.113. The zero-order chi connectivity index (χ0) is 19.6. The third kappa shape index (κ3) is 3.79. The van der Waals surface area contributed by atoms with Crippen molar-refractivity contribution in [1.82, 2.24) is 0 Å². The van der Waals surface area contributed by atoms with Gasteiger partial charge in [0.15, 0.2) is 15.8 Å². The van der Waals surface area contributed by atoms with Crippen LogP contribution in [0.25, 0.3) is 6.08 Å². The van der Waals surface area contributed by atoms with Gasteiger partial charge in [-0.25, -0.2) is 0 Å². The van der Waals surface area contributed by atoms with Crippen LogP contribution in [-0.4, -0.2) is 29.6 Å². The molecule has 1 amide bonds. The summed E-state index contributed by atoms with van der Waals surface area (Å²) >= 11 is 6.65. The Hall–Kier alpha value is -2.51. The highest BCUT2D eigenvalue weighted by Gasteiger charge is 2.33. The molecule has 0 radical (unpaired) electrons. The SMILES string of the molecule is CCc1ccc(N2C(=O)/C(=C/c3cc(OC)c(O)c(OC)c3)SC2=S)cc1. The standard InChI is InChI=1S/C20H19NO4S2/c1-4-12-5-7-14(8-6-12)21-19(23)17(27-20(21)26)11-13-9-15(24-2)18(22)16(10-13)25-3/h5-11,22H,4H2,1-3H3/b17-11-. The van der Waals surface area contributed by atoms with Gasteiger partial charge in [0.1, 0.15) is 0 Å². The largest absolute Gasteiger partial charge is 0.502 e. The van der Waals surface area contributed by atoms with Crippen LogP contribution in [-0.2, 0) is 11.2 Å². The Morgan fingerprint density at radius 2 is 1.74 bits per heavy atom. The number of hydrogen-bond donors (Lipinski definition) is 1. The van der Waals surface area contributed by atoms with Crippen LogP contribution >= 0.6 is 24.0 Å². The quantitative estimate of drug-likeness (QED) is 0.593. The first kappa shape index (κ1) is 19.3. The maximum atomic E-state index is 12.9. The Balaban J connectivity index is 1.94. The van der Waals surface area contributed by atoms with Gasteiger partial charge < -0.3 is 14.6 Å². The topological polar surface area (TPSA) is 59.0 Å². The van der Waals surface area contributed by atoms with Gasteiger partial charge in [0.05, 0.1) is 24.8 Å². The van der Waals surface area contributed by atoms with Crippen molar-refractivity contribution in [2.24, 2.45) is 0 Å². The number of rotatable bonds is 5. The van der Waals surface area contributed by atoms with E-state index in [0.29, 0.717) is 14.8 Å². The molecule has 27 heavy (non-hydrogen) atoms. The molecule has 1 fully saturated rings. The summed E-state index contributed by atoms with van der Waals surface area (Å²) in [6, 6.07) is 11.1. The Kier molecular flexibility index (Phi) is 5.72. The van der Waals surface area contributed by atoms with E-state index >= 15 is 0 Å². The molecule has 0 atom stereocenters. The van der Waals surface area contributed by atoms with Crippen molar-refractivity contribution in [1.29, 1.82) is 0 Å². The molecule has 0 spiro atoms. The van der Waals surface area contributed by atoms with Crippen LogP contribution in [0.15, 0.2) is 41.3 Å². The molecule has 1 heterocycles. The van der Waals surface area contributed by atoms with Crippen molar-refractivity contribution >= 4 is 46.0 Å². The highest BCUT2D eigenvalue weighted by atomic mass is 32.2. The molecule has 0 unspecified atom stereocenters. The number of benzene rings is 2. The minimum atomic E-state index is -0.180. The molecule has 5 nitrogen and oxygen atoms in total. The van der Waals surface area contributed by atoms with E-state index in [1.165, 1.54) is 36.4 Å². The first-order valence-electron chi connectivity index (χ1n) is 8.30. The minimum Gasteiger partial charge on any atom is -0.502 e. The number of phenolic OH excluding ortho intramolecular Hbond substituents is 1. The molecular weight excluding hydrogens is 382 g/mol. The molecule has 1 aliphatic heterocycles. The average molecular weight is 402 g/mol. The van der Waals surface area contributed by atoms with Gasteiger partial charge in [0.25, 0.3) is 5.91 Å². The predicted octanol–water partition coefficient (Wildman–Crippen LogP) is 4.38. The normalized spacial score (nSPS) is 15.5. The first-order chi connectivity index (χ1) is 13.0. The van der Waals surface area contributed by atoms with E-state index in [1.807, 2.05) is 24.3 Å². The van der Waals surface area contributed by atoms with E-state index in [-0.39, 0.29) is 23.2 Å². The number of carbonyl (C=O) groups excluding carboxylic acids is 1. The molecular formula is C20H19NO4S2. The van der Waals surface area contributed by atoms with Crippen LogP contribution in [0.1, 0.15) is 18.1 Å². The lowest BCUT2D eigenvalue weighted by atomic mass is 10.1. The van der Waals surface area contributed by atoms with Crippen molar-refractivity contribution in [2.75, 3.05) is 19.1 Å². The summed E-state index contributed by atoms with van der Waals surface area (Å²) < 4.78 is 10.8. The molecule has 0 aliphatic carbocycles. The maximum absolute atomic E-state index is 12.9. The molecule has 1 saturated heterocycles. The Bertz CT molecular complexity index is 897.